The van der Waals surface area contributed by atoms with E-state index in [1.165, 1.54) is 23.3 Å². The lowest BCUT2D eigenvalue weighted by Gasteiger charge is -2.13. The van der Waals surface area contributed by atoms with Crippen molar-refractivity contribution in [2.75, 3.05) is 0 Å². The number of aromatic nitrogens is 1. The second-order valence-corrected chi connectivity index (χ2v) is 9.46. The smallest absolute Gasteiger partial charge is 0.293 e. The van der Waals surface area contributed by atoms with Crippen LogP contribution in [-0.2, 0) is 17.8 Å². The van der Waals surface area contributed by atoms with Crippen molar-refractivity contribution in [1.29, 1.82) is 5.26 Å². The van der Waals surface area contributed by atoms with Crippen LogP contribution in [0.15, 0.2) is 59.5 Å². The lowest BCUT2D eigenvalue weighted by Crippen LogP contribution is -2.27. The molecule has 6 heteroatoms. The van der Waals surface area contributed by atoms with Crippen molar-refractivity contribution in [1.82, 2.24) is 9.47 Å². The molecule has 1 aliphatic heterocycles. The number of rotatable bonds is 7. The van der Waals surface area contributed by atoms with Crippen molar-refractivity contribution in [3.63, 3.8) is 0 Å². The number of benzene rings is 2. The van der Waals surface area contributed by atoms with Crippen molar-refractivity contribution in [2.45, 2.75) is 46.6 Å². The SMILES string of the molecule is CCCCc1ccc(-n2c(C)cc(/C=C3/SC(=O)N(Cc4ccccc4C#N)C3=O)c2C)cc1. The summed E-state index contributed by atoms with van der Waals surface area (Å²) in [6.07, 6.45) is 5.25. The van der Waals surface area contributed by atoms with Crippen LogP contribution in [0.3, 0.4) is 0 Å². The second-order valence-electron chi connectivity index (χ2n) is 8.47. The molecule has 0 aliphatic carbocycles. The fraction of sp³-hybridized carbons (Fsp3) is 0.250. The number of unbranched alkanes of at least 4 members (excludes halogenated alkanes) is 1. The van der Waals surface area contributed by atoms with E-state index < -0.39 is 0 Å². The third kappa shape index (κ3) is 4.71. The number of hydrogen-bond acceptors (Lipinski definition) is 4. The summed E-state index contributed by atoms with van der Waals surface area (Å²) in [6, 6.07) is 19.8. The number of aryl methyl sites for hydroxylation is 2. The zero-order chi connectivity index (χ0) is 24.2. The Morgan fingerprint density at radius 2 is 1.79 bits per heavy atom. The van der Waals surface area contributed by atoms with E-state index in [0.717, 1.165) is 40.8 Å². The summed E-state index contributed by atoms with van der Waals surface area (Å²) in [5, 5.41) is 9.00. The topological polar surface area (TPSA) is 66.1 Å². The Kier molecular flexibility index (Phi) is 7.04. The van der Waals surface area contributed by atoms with E-state index in [1.807, 2.05) is 19.9 Å². The molecule has 3 aromatic rings. The molecule has 5 nitrogen and oxygen atoms in total. The van der Waals surface area contributed by atoms with Gasteiger partial charge in [0.2, 0.25) is 0 Å². The Bertz CT molecular complexity index is 1310. The van der Waals surface area contributed by atoms with Crippen LogP contribution < -0.4 is 0 Å². The fourth-order valence-electron chi connectivity index (χ4n) is 4.24. The highest BCUT2D eigenvalue weighted by Gasteiger charge is 2.35. The number of nitriles is 1. The van der Waals surface area contributed by atoms with Crippen molar-refractivity contribution in [3.8, 4) is 11.8 Å². The molecule has 0 spiro atoms. The van der Waals surface area contributed by atoms with E-state index in [2.05, 4.69) is 41.8 Å². The van der Waals surface area contributed by atoms with E-state index in [0.29, 0.717) is 16.0 Å². The molecule has 1 fully saturated rings. The predicted octanol–water partition coefficient (Wildman–Crippen LogP) is 6.54. The van der Waals surface area contributed by atoms with Gasteiger partial charge in [0.05, 0.1) is 23.1 Å². The van der Waals surface area contributed by atoms with Gasteiger partial charge in [0.25, 0.3) is 11.1 Å². The molecule has 0 radical (unpaired) electrons. The number of thioether (sulfide) groups is 1. The minimum atomic E-state index is -0.326. The summed E-state index contributed by atoms with van der Waals surface area (Å²) in [5.74, 6) is -0.326. The first kappa shape index (κ1) is 23.6. The number of carbonyl (C=O) groups is 2. The number of imide groups is 1. The van der Waals surface area contributed by atoms with Gasteiger partial charge in [0, 0.05) is 17.1 Å². The van der Waals surface area contributed by atoms with Gasteiger partial charge in [-0.25, -0.2) is 0 Å². The lowest BCUT2D eigenvalue weighted by molar-refractivity contribution is -0.123. The standard InChI is InChI=1S/C28H27N3O2S/c1-4-5-8-21-11-13-25(14-12-21)31-19(2)15-24(20(31)3)16-26-27(32)30(28(33)34-26)18-23-10-7-6-9-22(23)17-29/h6-7,9-16H,4-5,8,18H2,1-3H3/b26-16+. The molecule has 2 heterocycles. The van der Waals surface area contributed by atoms with Gasteiger partial charge < -0.3 is 4.57 Å². The van der Waals surface area contributed by atoms with Gasteiger partial charge >= 0.3 is 0 Å². The molecule has 0 atom stereocenters. The van der Waals surface area contributed by atoms with Crippen molar-refractivity contribution in [2.24, 2.45) is 0 Å². The first-order valence-electron chi connectivity index (χ1n) is 11.4. The molecule has 1 saturated heterocycles. The van der Waals surface area contributed by atoms with Gasteiger partial charge in [-0.3, -0.25) is 14.5 Å². The van der Waals surface area contributed by atoms with Crippen LogP contribution in [0.2, 0.25) is 0 Å². The molecule has 0 unspecified atom stereocenters. The fourth-order valence-corrected chi connectivity index (χ4v) is 5.07. The van der Waals surface area contributed by atoms with Crippen LogP contribution in [0, 0.1) is 25.2 Å². The number of carbonyl (C=O) groups excluding carboxylic acids is 2. The Morgan fingerprint density at radius 3 is 2.50 bits per heavy atom. The van der Waals surface area contributed by atoms with Gasteiger partial charge in [0.15, 0.2) is 0 Å². The average Bonchev–Trinajstić information content (AvgIpc) is 3.27. The van der Waals surface area contributed by atoms with Crippen LogP contribution >= 0.6 is 11.8 Å². The van der Waals surface area contributed by atoms with E-state index in [-0.39, 0.29) is 17.7 Å². The number of hydrogen-bond donors (Lipinski definition) is 0. The highest BCUT2D eigenvalue weighted by Crippen LogP contribution is 2.35. The monoisotopic (exact) mass is 469 g/mol. The zero-order valence-electron chi connectivity index (χ0n) is 19.7. The summed E-state index contributed by atoms with van der Waals surface area (Å²) in [6.45, 7) is 6.36. The average molecular weight is 470 g/mol. The molecule has 0 N–H and O–H groups in total. The van der Waals surface area contributed by atoms with Crippen molar-refractivity contribution < 1.29 is 9.59 Å². The Morgan fingerprint density at radius 1 is 1.06 bits per heavy atom. The first-order chi connectivity index (χ1) is 16.4. The predicted molar refractivity (Wildman–Crippen MR) is 137 cm³/mol. The lowest BCUT2D eigenvalue weighted by atomic mass is 10.1. The molecule has 2 amide bonds. The highest BCUT2D eigenvalue weighted by molar-refractivity contribution is 8.18. The molecule has 34 heavy (non-hydrogen) atoms. The Hall–Kier alpha value is -3.56. The van der Waals surface area contributed by atoms with Crippen LogP contribution in [0.5, 0.6) is 0 Å². The van der Waals surface area contributed by atoms with E-state index in [4.69, 9.17) is 0 Å². The first-order valence-corrected chi connectivity index (χ1v) is 12.3. The zero-order valence-corrected chi connectivity index (χ0v) is 20.5. The summed E-state index contributed by atoms with van der Waals surface area (Å²) in [4.78, 5) is 27.3. The van der Waals surface area contributed by atoms with Gasteiger partial charge in [0.1, 0.15) is 0 Å². The van der Waals surface area contributed by atoms with E-state index >= 15 is 0 Å². The normalized spacial score (nSPS) is 14.8. The minimum Gasteiger partial charge on any atom is -0.318 e. The maximum absolute atomic E-state index is 13.0. The molecule has 1 aliphatic rings. The van der Waals surface area contributed by atoms with Gasteiger partial charge in [-0.15, -0.1) is 0 Å². The minimum absolute atomic E-state index is 0.0924. The quantitative estimate of drug-likeness (QED) is 0.368. The molecule has 4 rings (SSSR count). The summed E-state index contributed by atoms with van der Waals surface area (Å²) in [5.41, 5.74) is 6.53. The van der Waals surface area contributed by atoms with Crippen LogP contribution in [0.25, 0.3) is 11.8 Å². The third-order valence-electron chi connectivity index (χ3n) is 6.11. The number of nitrogens with zero attached hydrogens (tertiary/aromatic N) is 3. The summed E-state index contributed by atoms with van der Waals surface area (Å²) in [7, 11) is 0. The molecule has 0 bridgehead atoms. The van der Waals surface area contributed by atoms with Crippen LogP contribution in [0.1, 0.15) is 53.4 Å². The van der Waals surface area contributed by atoms with Gasteiger partial charge in [-0.2, -0.15) is 5.26 Å². The molecular formula is C28H27N3O2S. The van der Waals surface area contributed by atoms with Gasteiger partial charge in [-0.05, 0) is 85.5 Å². The van der Waals surface area contributed by atoms with E-state index in [9.17, 15) is 14.9 Å². The van der Waals surface area contributed by atoms with Gasteiger partial charge in [-0.1, -0.05) is 43.7 Å². The van der Waals surface area contributed by atoms with Crippen LogP contribution in [0.4, 0.5) is 4.79 Å². The third-order valence-corrected chi connectivity index (χ3v) is 7.02. The Balaban J connectivity index is 1.58. The van der Waals surface area contributed by atoms with Crippen molar-refractivity contribution in [3.05, 3.63) is 93.1 Å². The second kappa shape index (κ2) is 10.1. The maximum Gasteiger partial charge on any atom is 0.293 e. The van der Waals surface area contributed by atoms with Crippen molar-refractivity contribution >= 4 is 29.0 Å². The maximum atomic E-state index is 13.0. The van der Waals surface area contributed by atoms with Crippen LogP contribution in [-0.4, -0.2) is 20.6 Å². The summed E-state index contributed by atoms with van der Waals surface area (Å²) < 4.78 is 2.17. The number of amides is 2. The Labute approximate surface area is 204 Å². The molecule has 1 aromatic heterocycles. The molecule has 172 valence electrons. The highest BCUT2D eigenvalue weighted by atomic mass is 32.2. The molecular weight excluding hydrogens is 442 g/mol. The molecule has 2 aromatic carbocycles. The van der Waals surface area contributed by atoms with E-state index in [1.54, 1.807) is 30.3 Å². The molecule has 0 saturated carbocycles. The summed E-state index contributed by atoms with van der Waals surface area (Å²) >= 11 is 0.945. The largest absolute Gasteiger partial charge is 0.318 e.